The van der Waals surface area contributed by atoms with Crippen LogP contribution < -0.4 is 0 Å². The molecule has 0 radical (unpaired) electrons. The summed E-state index contributed by atoms with van der Waals surface area (Å²) in [6.45, 7) is 6.96. The van der Waals surface area contributed by atoms with Crippen molar-refractivity contribution in [3.05, 3.63) is 0 Å². The number of nitriles is 1. The van der Waals surface area contributed by atoms with Crippen LogP contribution in [-0.2, 0) is 4.74 Å². The highest BCUT2D eigenvalue weighted by Gasteiger charge is 2.22. The highest BCUT2D eigenvalue weighted by molar-refractivity contribution is 4.91. The Kier molecular flexibility index (Phi) is 5.28. The third-order valence-corrected chi connectivity index (χ3v) is 3.70. The molecule has 0 amide bonds. The summed E-state index contributed by atoms with van der Waals surface area (Å²) < 4.78 is 5.90. The van der Waals surface area contributed by atoms with E-state index >= 15 is 0 Å². The standard InChI is InChI=1S/C14H25NO/c1-4-12-6-5-7-13(10-12)16-9-8-14(2,3)11-15/h12-13H,4-10H2,1-3H3. The lowest BCUT2D eigenvalue weighted by Crippen LogP contribution is -2.24. The van der Waals surface area contributed by atoms with Crippen LogP contribution in [0.3, 0.4) is 0 Å². The second-order valence-electron chi connectivity index (χ2n) is 5.68. The van der Waals surface area contributed by atoms with E-state index in [9.17, 15) is 0 Å². The molecular weight excluding hydrogens is 198 g/mol. The monoisotopic (exact) mass is 223 g/mol. The Morgan fingerprint density at radius 3 is 2.75 bits per heavy atom. The molecule has 0 saturated heterocycles. The second-order valence-corrected chi connectivity index (χ2v) is 5.68. The third-order valence-electron chi connectivity index (χ3n) is 3.70. The molecule has 16 heavy (non-hydrogen) atoms. The molecular formula is C14H25NO. The zero-order valence-corrected chi connectivity index (χ0v) is 11.0. The van der Waals surface area contributed by atoms with Crippen molar-refractivity contribution >= 4 is 0 Å². The van der Waals surface area contributed by atoms with Gasteiger partial charge in [0, 0.05) is 6.61 Å². The quantitative estimate of drug-likeness (QED) is 0.708. The van der Waals surface area contributed by atoms with Crippen LogP contribution in [0.4, 0.5) is 0 Å². The molecule has 2 heteroatoms. The zero-order valence-electron chi connectivity index (χ0n) is 11.0. The van der Waals surface area contributed by atoms with Crippen LogP contribution in [0.5, 0.6) is 0 Å². The molecule has 0 spiro atoms. The maximum absolute atomic E-state index is 8.91. The van der Waals surface area contributed by atoms with E-state index in [0.29, 0.717) is 6.10 Å². The number of hydrogen-bond donors (Lipinski definition) is 0. The fourth-order valence-electron chi connectivity index (χ4n) is 2.30. The van der Waals surface area contributed by atoms with Gasteiger partial charge in [-0.1, -0.05) is 26.2 Å². The lowest BCUT2D eigenvalue weighted by molar-refractivity contribution is 0.00425. The SMILES string of the molecule is CCC1CCCC(OCCC(C)(C)C#N)C1. The molecule has 2 nitrogen and oxygen atoms in total. The Bertz CT molecular complexity index is 242. The molecule has 0 aliphatic heterocycles. The molecule has 0 aromatic rings. The van der Waals surface area contributed by atoms with Gasteiger partial charge in [0.05, 0.1) is 17.6 Å². The van der Waals surface area contributed by atoms with E-state index in [0.717, 1.165) is 18.9 Å². The fourth-order valence-corrected chi connectivity index (χ4v) is 2.30. The zero-order chi connectivity index (χ0) is 12.0. The average molecular weight is 223 g/mol. The summed E-state index contributed by atoms with van der Waals surface area (Å²) in [5.74, 6) is 0.864. The van der Waals surface area contributed by atoms with Crippen LogP contribution in [0.15, 0.2) is 0 Å². The van der Waals surface area contributed by atoms with Crippen molar-refractivity contribution in [3.8, 4) is 6.07 Å². The predicted molar refractivity (Wildman–Crippen MR) is 66.0 cm³/mol. The molecule has 1 aliphatic rings. The summed E-state index contributed by atoms with van der Waals surface area (Å²) in [6.07, 6.45) is 7.70. The molecule has 1 saturated carbocycles. The Labute approximate surface area is 100.0 Å². The van der Waals surface area contributed by atoms with Crippen molar-refractivity contribution < 1.29 is 4.74 Å². The van der Waals surface area contributed by atoms with E-state index < -0.39 is 0 Å². The Hall–Kier alpha value is -0.550. The van der Waals surface area contributed by atoms with Crippen molar-refractivity contribution in [2.75, 3.05) is 6.61 Å². The number of hydrogen-bond acceptors (Lipinski definition) is 2. The lowest BCUT2D eigenvalue weighted by atomic mass is 9.85. The van der Waals surface area contributed by atoms with Gasteiger partial charge in [-0.15, -0.1) is 0 Å². The fraction of sp³-hybridized carbons (Fsp3) is 0.929. The van der Waals surface area contributed by atoms with Gasteiger partial charge in [0.25, 0.3) is 0 Å². The first-order valence-corrected chi connectivity index (χ1v) is 6.60. The molecule has 0 aromatic heterocycles. The van der Waals surface area contributed by atoms with Gasteiger partial charge in [-0.2, -0.15) is 5.26 Å². The van der Waals surface area contributed by atoms with Gasteiger partial charge >= 0.3 is 0 Å². The first-order valence-electron chi connectivity index (χ1n) is 6.60. The van der Waals surface area contributed by atoms with E-state index in [1.165, 1.54) is 32.1 Å². The Morgan fingerprint density at radius 2 is 2.12 bits per heavy atom. The lowest BCUT2D eigenvalue weighted by Gasteiger charge is -2.29. The normalized spacial score (nSPS) is 26.4. The summed E-state index contributed by atoms with van der Waals surface area (Å²) in [6, 6.07) is 2.32. The molecule has 0 bridgehead atoms. The molecule has 0 N–H and O–H groups in total. The van der Waals surface area contributed by atoms with Crippen molar-refractivity contribution in [1.82, 2.24) is 0 Å². The molecule has 2 atom stereocenters. The van der Waals surface area contributed by atoms with Crippen LogP contribution >= 0.6 is 0 Å². The minimum Gasteiger partial charge on any atom is -0.378 e. The largest absolute Gasteiger partial charge is 0.378 e. The van der Waals surface area contributed by atoms with Crippen molar-refractivity contribution in [2.24, 2.45) is 11.3 Å². The molecule has 1 aliphatic carbocycles. The molecule has 0 aromatic carbocycles. The van der Waals surface area contributed by atoms with Crippen molar-refractivity contribution in [2.45, 2.75) is 65.4 Å². The minimum absolute atomic E-state index is 0.237. The summed E-state index contributed by atoms with van der Waals surface area (Å²) in [5, 5.41) is 8.91. The van der Waals surface area contributed by atoms with E-state index in [1.807, 2.05) is 13.8 Å². The maximum Gasteiger partial charge on any atom is 0.0684 e. The van der Waals surface area contributed by atoms with Gasteiger partial charge in [-0.25, -0.2) is 0 Å². The van der Waals surface area contributed by atoms with Gasteiger partial charge < -0.3 is 4.74 Å². The third kappa shape index (κ3) is 4.53. The number of nitrogens with zero attached hydrogens (tertiary/aromatic N) is 1. The van der Waals surface area contributed by atoms with Crippen LogP contribution in [0.1, 0.15) is 59.3 Å². The van der Waals surface area contributed by atoms with E-state index in [1.54, 1.807) is 0 Å². The Morgan fingerprint density at radius 1 is 1.38 bits per heavy atom. The maximum atomic E-state index is 8.91. The van der Waals surface area contributed by atoms with Crippen LogP contribution in [0, 0.1) is 22.7 Å². The topological polar surface area (TPSA) is 33.0 Å². The van der Waals surface area contributed by atoms with Gasteiger partial charge in [0.1, 0.15) is 0 Å². The highest BCUT2D eigenvalue weighted by atomic mass is 16.5. The summed E-state index contributed by atoms with van der Waals surface area (Å²) in [5.41, 5.74) is -0.237. The Balaban J connectivity index is 2.20. The highest BCUT2D eigenvalue weighted by Crippen LogP contribution is 2.29. The first kappa shape index (κ1) is 13.5. The van der Waals surface area contributed by atoms with E-state index in [-0.39, 0.29) is 5.41 Å². The molecule has 2 unspecified atom stereocenters. The van der Waals surface area contributed by atoms with Gasteiger partial charge in [-0.05, 0) is 39.0 Å². The molecule has 1 fully saturated rings. The average Bonchev–Trinajstić information content (AvgIpc) is 2.29. The smallest absolute Gasteiger partial charge is 0.0684 e. The summed E-state index contributed by atoms with van der Waals surface area (Å²) in [4.78, 5) is 0. The van der Waals surface area contributed by atoms with E-state index in [2.05, 4.69) is 13.0 Å². The van der Waals surface area contributed by atoms with Crippen LogP contribution in [0.25, 0.3) is 0 Å². The number of ether oxygens (including phenoxy) is 1. The van der Waals surface area contributed by atoms with Crippen molar-refractivity contribution in [1.29, 1.82) is 5.26 Å². The van der Waals surface area contributed by atoms with Crippen molar-refractivity contribution in [3.63, 3.8) is 0 Å². The molecule has 1 rings (SSSR count). The molecule has 0 heterocycles. The minimum atomic E-state index is -0.237. The number of rotatable bonds is 5. The van der Waals surface area contributed by atoms with Crippen LogP contribution in [-0.4, -0.2) is 12.7 Å². The van der Waals surface area contributed by atoms with Gasteiger partial charge in [0.2, 0.25) is 0 Å². The first-order chi connectivity index (χ1) is 7.57. The van der Waals surface area contributed by atoms with Crippen LogP contribution in [0.2, 0.25) is 0 Å². The van der Waals surface area contributed by atoms with Gasteiger partial charge in [0.15, 0.2) is 0 Å². The van der Waals surface area contributed by atoms with Gasteiger partial charge in [-0.3, -0.25) is 0 Å². The van der Waals surface area contributed by atoms with E-state index in [4.69, 9.17) is 10.00 Å². The second kappa shape index (κ2) is 6.25. The summed E-state index contributed by atoms with van der Waals surface area (Å²) >= 11 is 0. The summed E-state index contributed by atoms with van der Waals surface area (Å²) in [7, 11) is 0. The molecule has 92 valence electrons. The predicted octanol–water partition coefficient (Wildman–Crippen LogP) is 3.91.